The predicted octanol–water partition coefficient (Wildman–Crippen LogP) is 1.95. The monoisotopic (exact) mass is 202 g/mol. The van der Waals surface area contributed by atoms with Gasteiger partial charge in [0.1, 0.15) is 0 Å². The Morgan fingerprint density at radius 2 is 2.23 bits per heavy atom. The van der Waals surface area contributed by atoms with Gasteiger partial charge in [0.05, 0.1) is 12.3 Å². The maximum Gasteiger partial charge on any atom is 0.202 e. The highest BCUT2D eigenvalue weighted by atomic mass is 35.5. The van der Waals surface area contributed by atoms with Crippen LogP contribution in [0.15, 0.2) is 6.20 Å². The Morgan fingerprint density at radius 3 is 2.62 bits per heavy atom. The number of hydrogen-bond donors (Lipinski definition) is 1. The summed E-state index contributed by atoms with van der Waals surface area (Å²) in [6.07, 6.45) is 2.20. The summed E-state index contributed by atoms with van der Waals surface area (Å²) in [4.78, 5) is 3.99. The molecule has 0 saturated carbocycles. The lowest BCUT2D eigenvalue weighted by atomic mass is 10.0. The summed E-state index contributed by atoms with van der Waals surface area (Å²) in [5.41, 5.74) is 1.06. The molecule has 0 aromatic carbocycles. The molecular weight excluding hydrogens is 188 g/mol. The topological polar surface area (TPSA) is 38.1 Å². The first-order valence-electron chi connectivity index (χ1n) is 4.37. The predicted molar refractivity (Wildman–Crippen MR) is 52.9 cm³/mol. The van der Waals surface area contributed by atoms with Gasteiger partial charge in [-0.05, 0) is 24.9 Å². The molecule has 74 valence electrons. The van der Waals surface area contributed by atoms with Gasteiger partial charge in [0.15, 0.2) is 0 Å². The number of aliphatic hydroxyl groups is 1. The maximum absolute atomic E-state index is 9.22. The lowest BCUT2D eigenvalue weighted by Gasteiger charge is -2.13. The first-order valence-corrected chi connectivity index (χ1v) is 4.75. The molecule has 1 rings (SSSR count). The van der Waals surface area contributed by atoms with Crippen LogP contribution < -0.4 is 0 Å². The molecule has 1 heterocycles. The standard InChI is InChI=1S/C9H15ClN2O/c1-6(4-7(2)13)8-5-11-9(10)12(8)3/h5-7,13H,4H2,1-3H3. The van der Waals surface area contributed by atoms with E-state index in [0.29, 0.717) is 5.28 Å². The van der Waals surface area contributed by atoms with Crippen molar-refractivity contribution in [3.8, 4) is 0 Å². The highest BCUT2D eigenvalue weighted by molar-refractivity contribution is 6.28. The molecule has 0 aliphatic heterocycles. The molecule has 0 spiro atoms. The Labute approximate surface area is 83.4 Å². The van der Waals surface area contributed by atoms with E-state index in [4.69, 9.17) is 11.6 Å². The van der Waals surface area contributed by atoms with Crippen LogP contribution >= 0.6 is 11.6 Å². The summed E-state index contributed by atoms with van der Waals surface area (Å²) in [5.74, 6) is 0.282. The van der Waals surface area contributed by atoms with Crippen LogP contribution in [0.5, 0.6) is 0 Å². The third kappa shape index (κ3) is 2.45. The number of imidazole rings is 1. The zero-order valence-corrected chi connectivity index (χ0v) is 8.91. The van der Waals surface area contributed by atoms with Gasteiger partial charge in [-0.15, -0.1) is 0 Å². The molecule has 13 heavy (non-hydrogen) atoms. The second kappa shape index (κ2) is 4.11. The van der Waals surface area contributed by atoms with Gasteiger partial charge in [0, 0.05) is 18.7 Å². The van der Waals surface area contributed by atoms with E-state index in [1.165, 1.54) is 0 Å². The second-order valence-corrected chi connectivity index (χ2v) is 3.83. The summed E-state index contributed by atoms with van der Waals surface area (Å²) in [6, 6.07) is 0. The van der Waals surface area contributed by atoms with Crippen molar-refractivity contribution in [2.45, 2.75) is 32.3 Å². The summed E-state index contributed by atoms with van der Waals surface area (Å²) in [6.45, 7) is 3.84. The molecule has 0 aliphatic rings. The van der Waals surface area contributed by atoms with Crippen LogP contribution in [-0.2, 0) is 7.05 Å². The molecule has 1 N–H and O–H groups in total. The van der Waals surface area contributed by atoms with Gasteiger partial charge in [0.25, 0.3) is 0 Å². The molecule has 2 atom stereocenters. The first kappa shape index (κ1) is 10.5. The molecule has 0 amide bonds. The number of nitrogens with zero attached hydrogens (tertiary/aromatic N) is 2. The molecule has 0 bridgehead atoms. The van der Waals surface area contributed by atoms with E-state index in [9.17, 15) is 5.11 Å². The Balaban J connectivity index is 2.76. The largest absolute Gasteiger partial charge is 0.393 e. The lowest BCUT2D eigenvalue weighted by Crippen LogP contribution is -2.08. The number of hydrogen-bond acceptors (Lipinski definition) is 2. The van der Waals surface area contributed by atoms with Crippen LogP contribution in [0.2, 0.25) is 5.28 Å². The van der Waals surface area contributed by atoms with Crippen molar-refractivity contribution in [2.24, 2.45) is 7.05 Å². The third-order valence-electron chi connectivity index (χ3n) is 2.17. The zero-order valence-electron chi connectivity index (χ0n) is 8.16. The Kier molecular flexibility index (Phi) is 3.33. The molecule has 0 fully saturated rings. The van der Waals surface area contributed by atoms with Gasteiger partial charge < -0.3 is 9.67 Å². The molecule has 0 aliphatic carbocycles. The third-order valence-corrected chi connectivity index (χ3v) is 2.52. The lowest BCUT2D eigenvalue weighted by molar-refractivity contribution is 0.175. The summed E-state index contributed by atoms with van der Waals surface area (Å²) in [5, 5.41) is 9.71. The molecule has 3 nitrogen and oxygen atoms in total. The van der Waals surface area contributed by atoms with E-state index in [-0.39, 0.29) is 12.0 Å². The van der Waals surface area contributed by atoms with E-state index < -0.39 is 0 Å². The van der Waals surface area contributed by atoms with Gasteiger partial charge in [-0.1, -0.05) is 6.92 Å². The summed E-state index contributed by atoms with van der Waals surface area (Å²) in [7, 11) is 1.88. The Hall–Kier alpha value is -0.540. The highest BCUT2D eigenvalue weighted by Crippen LogP contribution is 2.22. The fraction of sp³-hybridized carbons (Fsp3) is 0.667. The van der Waals surface area contributed by atoms with Crippen LogP contribution in [0.1, 0.15) is 31.9 Å². The average molecular weight is 203 g/mol. The normalized spacial score (nSPS) is 15.8. The molecule has 0 radical (unpaired) electrons. The van der Waals surface area contributed by atoms with Crippen molar-refractivity contribution in [3.05, 3.63) is 17.2 Å². The number of aliphatic hydroxyl groups excluding tert-OH is 1. The number of aromatic nitrogens is 2. The Morgan fingerprint density at radius 1 is 1.62 bits per heavy atom. The van der Waals surface area contributed by atoms with Gasteiger partial charge in [-0.3, -0.25) is 0 Å². The number of halogens is 1. The van der Waals surface area contributed by atoms with Gasteiger partial charge >= 0.3 is 0 Å². The first-order chi connectivity index (χ1) is 6.02. The van der Waals surface area contributed by atoms with Crippen LogP contribution in [-0.4, -0.2) is 20.8 Å². The van der Waals surface area contributed by atoms with E-state index in [0.717, 1.165) is 12.1 Å². The van der Waals surface area contributed by atoms with Gasteiger partial charge in [0.2, 0.25) is 5.28 Å². The van der Waals surface area contributed by atoms with Crippen molar-refractivity contribution in [2.75, 3.05) is 0 Å². The van der Waals surface area contributed by atoms with Crippen molar-refractivity contribution < 1.29 is 5.11 Å². The molecule has 2 unspecified atom stereocenters. The highest BCUT2D eigenvalue weighted by Gasteiger charge is 2.13. The molecule has 1 aromatic heterocycles. The molecule has 1 aromatic rings. The average Bonchev–Trinajstić information content (AvgIpc) is 2.31. The van der Waals surface area contributed by atoms with E-state index in [1.807, 2.05) is 11.6 Å². The molecule has 4 heteroatoms. The van der Waals surface area contributed by atoms with Crippen LogP contribution in [0.25, 0.3) is 0 Å². The van der Waals surface area contributed by atoms with Gasteiger partial charge in [-0.2, -0.15) is 0 Å². The van der Waals surface area contributed by atoms with E-state index in [2.05, 4.69) is 11.9 Å². The van der Waals surface area contributed by atoms with Crippen LogP contribution in [0, 0.1) is 0 Å². The van der Waals surface area contributed by atoms with Crippen LogP contribution in [0.4, 0.5) is 0 Å². The minimum absolute atomic E-state index is 0.282. The minimum Gasteiger partial charge on any atom is -0.393 e. The summed E-state index contributed by atoms with van der Waals surface area (Å²) < 4.78 is 1.84. The molecule has 0 saturated heterocycles. The zero-order chi connectivity index (χ0) is 10.0. The van der Waals surface area contributed by atoms with E-state index in [1.54, 1.807) is 13.1 Å². The number of rotatable bonds is 3. The SMILES string of the molecule is CC(O)CC(C)c1cnc(Cl)n1C. The smallest absolute Gasteiger partial charge is 0.202 e. The summed E-state index contributed by atoms with van der Waals surface area (Å²) >= 11 is 5.80. The maximum atomic E-state index is 9.22. The molecular formula is C9H15ClN2O. The van der Waals surface area contributed by atoms with Crippen molar-refractivity contribution >= 4 is 11.6 Å². The van der Waals surface area contributed by atoms with Gasteiger partial charge in [-0.25, -0.2) is 4.98 Å². The Bertz CT molecular complexity index is 283. The van der Waals surface area contributed by atoms with E-state index >= 15 is 0 Å². The minimum atomic E-state index is -0.288. The quantitative estimate of drug-likeness (QED) is 0.814. The van der Waals surface area contributed by atoms with Crippen LogP contribution in [0.3, 0.4) is 0 Å². The van der Waals surface area contributed by atoms with Crippen molar-refractivity contribution in [3.63, 3.8) is 0 Å². The van der Waals surface area contributed by atoms with Crippen molar-refractivity contribution in [1.82, 2.24) is 9.55 Å². The van der Waals surface area contributed by atoms with Crippen molar-refractivity contribution in [1.29, 1.82) is 0 Å². The second-order valence-electron chi connectivity index (χ2n) is 3.50. The fourth-order valence-electron chi connectivity index (χ4n) is 1.49. The fourth-order valence-corrected chi connectivity index (χ4v) is 1.64.